The molecule has 0 aliphatic carbocycles. The van der Waals surface area contributed by atoms with E-state index in [0.717, 1.165) is 26.2 Å². The van der Waals surface area contributed by atoms with Gasteiger partial charge in [0.25, 0.3) is 0 Å². The smallest absolute Gasteiger partial charge is 0.232 e. The molecule has 0 N–H and O–H groups in total. The third-order valence-electron chi connectivity index (χ3n) is 3.75. The van der Waals surface area contributed by atoms with E-state index in [1.54, 1.807) is 0 Å². The van der Waals surface area contributed by atoms with E-state index in [0.29, 0.717) is 11.9 Å². The molecule has 0 amide bonds. The Balaban J connectivity index is 1.90. The first-order chi connectivity index (χ1) is 10.2. The standard InChI is InChI=1S/C15H18ClN5/c1-3-20(4-2)14-17-13(16)18-15(19-14)21-9-11-7-5-6-8-12(11)10-21/h5-8H,3-4,9-10H2,1-2H3. The first-order valence-electron chi connectivity index (χ1n) is 7.19. The number of hydrogen-bond donors (Lipinski definition) is 0. The van der Waals surface area contributed by atoms with Gasteiger partial charge in [-0.15, -0.1) is 0 Å². The molecule has 0 spiro atoms. The Labute approximate surface area is 129 Å². The lowest BCUT2D eigenvalue weighted by atomic mass is 10.1. The predicted molar refractivity (Wildman–Crippen MR) is 84.7 cm³/mol. The van der Waals surface area contributed by atoms with Crippen LogP contribution in [0.5, 0.6) is 0 Å². The van der Waals surface area contributed by atoms with E-state index in [1.165, 1.54) is 11.1 Å². The maximum atomic E-state index is 6.08. The van der Waals surface area contributed by atoms with Gasteiger partial charge in [-0.05, 0) is 36.6 Å². The Morgan fingerprint density at radius 1 is 1.05 bits per heavy atom. The fraction of sp³-hybridized carbons (Fsp3) is 0.400. The van der Waals surface area contributed by atoms with E-state index in [2.05, 4.69) is 62.9 Å². The molecule has 0 atom stereocenters. The van der Waals surface area contributed by atoms with Crippen LogP contribution < -0.4 is 9.80 Å². The minimum Gasteiger partial charge on any atom is -0.341 e. The Hall–Kier alpha value is -1.88. The number of halogens is 1. The van der Waals surface area contributed by atoms with Gasteiger partial charge in [0.1, 0.15) is 0 Å². The molecule has 1 aliphatic heterocycles. The van der Waals surface area contributed by atoms with Crippen LogP contribution in [0.15, 0.2) is 24.3 Å². The zero-order chi connectivity index (χ0) is 14.8. The highest BCUT2D eigenvalue weighted by Crippen LogP contribution is 2.27. The summed E-state index contributed by atoms with van der Waals surface area (Å²) in [5, 5.41) is 0.248. The zero-order valence-electron chi connectivity index (χ0n) is 12.3. The van der Waals surface area contributed by atoms with Gasteiger partial charge in [0.05, 0.1) is 0 Å². The third kappa shape index (κ3) is 2.78. The van der Waals surface area contributed by atoms with Crippen molar-refractivity contribution in [1.29, 1.82) is 0 Å². The van der Waals surface area contributed by atoms with Crippen molar-refractivity contribution in [2.75, 3.05) is 22.9 Å². The van der Waals surface area contributed by atoms with E-state index in [9.17, 15) is 0 Å². The van der Waals surface area contributed by atoms with E-state index in [1.807, 2.05) is 0 Å². The summed E-state index contributed by atoms with van der Waals surface area (Å²) in [6.07, 6.45) is 0. The lowest BCUT2D eigenvalue weighted by Crippen LogP contribution is -2.26. The molecule has 0 unspecified atom stereocenters. The molecule has 3 rings (SSSR count). The normalized spacial score (nSPS) is 13.4. The molecule has 0 radical (unpaired) electrons. The quantitative estimate of drug-likeness (QED) is 0.869. The third-order valence-corrected chi connectivity index (χ3v) is 3.92. The molecule has 1 aliphatic rings. The Morgan fingerprint density at radius 3 is 2.24 bits per heavy atom. The molecular weight excluding hydrogens is 286 g/mol. The maximum Gasteiger partial charge on any atom is 0.232 e. The topological polar surface area (TPSA) is 45.2 Å². The Bertz CT molecular complexity index is 617. The summed E-state index contributed by atoms with van der Waals surface area (Å²) in [7, 11) is 0. The highest BCUT2D eigenvalue weighted by molar-refractivity contribution is 6.28. The van der Waals surface area contributed by atoms with Crippen molar-refractivity contribution in [3.05, 3.63) is 40.7 Å². The molecule has 21 heavy (non-hydrogen) atoms. The maximum absolute atomic E-state index is 6.08. The molecule has 1 aromatic carbocycles. The number of fused-ring (bicyclic) bond motifs is 1. The van der Waals surface area contributed by atoms with Crippen molar-refractivity contribution in [2.45, 2.75) is 26.9 Å². The summed E-state index contributed by atoms with van der Waals surface area (Å²) in [4.78, 5) is 17.3. The fourth-order valence-corrected chi connectivity index (χ4v) is 2.74. The molecule has 2 heterocycles. The monoisotopic (exact) mass is 303 g/mol. The summed E-state index contributed by atoms with van der Waals surface area (Å²) in [6.45, 7) is 7.47. The second-order valence-electron chi connectivity index (χ2n) is 5.00. The molecule has 1 aromatic heterocycles. The molecule has 0 fully saturated rings. The van der Waals surface area contributed by atoms with E-state index in [-0.39, 0.29) is 5.28 Å². The van der Waals surface area contributed by atoms with Gasteiger partial charge in [-0.2, -0.15) is 15.0 Å². The molecule has 0 saturated carbocycles. The van der Waals surface area contributed by atoms with Gasteiger partial charge >= 0.3 is 0 Å². The Kier molecular flexibility index (Phi) is 3.92. The molecule has 5 nitrogen and oxygen atoms in total. The van der Waals surface area contributed by atoms with Crippen LogP contribution in [0.1, 0.15) is 25.0 Å². The van der Waals surface area contributed by atoms with Crippen molar-refractivity contribution in [3.63, 3.8) is 0 Å². The largest absolute Gasteiger partial charge is 0.341 e. The van der Waals surface area contributed by atoms with E-state index < -0.39 is 0 Å². The fourth-order valence-electron chi connectivity index (χ4n) is 2.59. The van der Waals surface area contributed by atoms with Crippen LogP contribution in [0.3, 0.4) is 0 Å². The van der Waals surface area contributed by atoms with Gasteiger partial charge in [0.15, 0.2) is 0 Å². The summed E-state index contributed by atoms with van der Waals surface area (Å²) in [5.41, 5.74) is 2.64. The van der Waals surface area contributed by atoms with Crippen molar-refractivity contribution in [1.82, 2.24) is 15.0 Å². The number of nitrogens with zero attached hydrogens (tertiary/aromatic N) is 5. The van der Waals surface area contributed by atoms with Gasteiger partial charge < -0.3 is 9.80 Å². The minimum absolute atomic E-state index is 0.248. The molecule has 6 heteroatoms. The first-order valence-corrected chi connectivity index (χ1v) is 7.57. The Morgan fingerprint density at radius 2 is 1.67 bits per heavy atom. The van der Waals surface area contributed by atoms with E-state index >= 15 is 0 Å². The lowest BCUT2D eigenvalue weighted by molar-refractivity contribution is 0.777. The molecule has 0 bridgehead atoms. The van der Waals surface area contributed by atoms with Gasteiger partial charge in [0.2, 0.25) is 17.2 Å². The van der Waals surface area contributed by atoms with Crippen LogP contribution in [0, 0.1) is 0 Å². The predicted octanol–water partition coefficient (Wildman–Crippen LogP) is 2.89. The highest BCUT2D eigenvalue weighted by atomic mass is 35.5. The van der Waals surface area contributed by atoms with Crippen LogP contribution >= 0.6 is 11.6 Å². The summed E-state index contributed by atoms with van der Waals surface area (Å²) < 4.78 is 0. The molecule has 110 valence electrons. The summed E-state index contributed by atoms with van der Waals surface area (Å²) in [5.74, 6) is 1.29. The second-order valence-corrected chi connectivity index (χ2v) is 5.34. The van der Waals surface area contributed by atoms with Crippen molar-refractivity contribution in [2.24, 2.45) is 0 Å². The van der Waals surface area contributed by atoms with Crippen molar-refractivity contribution >= 4 is 23.5 Å². The van der Waals surface area contributed by atoms with Crippen LogP contribution in [0.4, 0.5) is 11.9 Å². The number of anilines is 2. The lowest BCUT2D eigenvalue weighted by Gasteiger charge is -2.21. The van der Waals surface area contributed by atoms with Gasteiger partial charge in [-0.25, -0.2) is 0 Å². The van der Waals surface area contributed by atoms with Gasteiger partial charge in [-0.1, -0.05) is 24.3 Å². The van der Waals surface area contributed by atoms with Gasteiger partial charge in [0, 0.05) is 26.2 Å². The number of benzene rings is 1. The number of aromatic nitrogens is 3. The highest BCUT2D eigenvalue weighted by Gasteiger charge is 2.22. The first kappa shape index (κ1) is 14.1. The minimum atomic E-state index is 0.248. The molecular formula is C15H18ClN5. The van der Waals surface area contributed by atoms with E-state index in [4.69, 9.17) is 11.6 Å². The van der Waals surface area contributed by atoms with Gasteiger partial charge in [-0.3, -0.25) is 0 Å². The van der Waals surface area contributed by atoms with Crippen LogP contribution in [0.25, 0.3) is 0 Å². The zero-order valence-corrected chi connectivity index (χ0v) is 13.0. The number of rotatable bonds is 4. The van der Waals surface area contributed by atoms with Crippen LogP contribution in [0.2, 0.25) is 5.28 Å². The van der Waals surface area contributed by atoms with Crippen molar-refractivity contribution in [3.8, 4) is 0 Å². The van der Waals surface area contributed by atoms with Crippen LogP contribution in [-0.2, 0) is 13.1 Å². The second kappa shape index (κ2) is 5.85. The molecule has 2 aromatic rings. The summed E-state index contributed by atoms with van der Waals surface area (Å²) in [6, 6.07) is 8.40. The van der Waals surface area contributed by atoms with Crippen molar-refractivity contribution < 1.29 is 0 Å². The average molecular weight is 304 g/mol. The SMILES string of the molecule is CCN(CC)c1nc(Cl)nc(N2Cc3ccccc3C2)n1. The number of hydrogen-bond acceptors (Lipinski definition) is 5. The van der Waals surface area contributed by atoms with Crippen LogP contribution in [-0.4, -0.2) is 28.0 Å². The summed E-state index contributed by atoms with van der Waals surface area (Å²) >= 11 is 6.08. The average Bonchev–Trinajstić information content (AvgIpc) is 2.92. The molecule has 0 saturated heterocycles.